The average Bonchev–Trinajstić information content (AvgIpc) is 2.20. The molecule has 0 aromatic heterocycles. The first-order chi connectivity index (χ1) is 7.41. The molecule has 86 valence electrons. The summed E-state index contributed by atoms with van der Waals surface area (Å²) in [6.45, 7) is 1.25. The van der Waals surface area contributed by atoms with Gasteiger partial charge in [-0.1, -0.05) is 6.07 Å². The van der Waals surface area contributed by atoms with Crippen LogP contribution in [0.15, 0.2) is 18.2 Å². The summed E-state index contributed by atoms with van der Waals surface area (Å²) in [5.74, 6) is -2.84. The summed E-state index contributed by atoms with van der Waals surface area (Å²) in [4.78, 5) is 21.0. The van der Waals surface area contributed by atoms with Crippen LogP contribution in [0.5, 0.6) is 5.75 Å². The molecule has 1 unspecified atom stereocenters. The fraction of sp³-hybridized carbons (Fsp3) is 0.200. The van der Waals surface area contributed by atoms with Crippen molar-refractivity contribution >= 4 is 17.6 Å². The van der Waals surface area contributed by atoms with E-state index >= 15 is 0 Å². The molecule has 0 spiro atoms. The Balaban J connectivity index is 0. The van der Waals surface area contributed by atoms with Crippen LogP contribution in [-0.4, -0.2) is 18.0 Å². The molecule has 0 aliphatic heterocycles. The van der Waals surface area contributed by atoms with Crippen LogP contribution < -0.4 is 58.4 Å². The van der Waals surface area contributed by atoms with E-state index in [-0.39, 0.29) is 54.7 Å². The topological polar surface area (TPSA) is 116 Å². The van der Waals surface area contributed by atoms with Crippen LogP contribution in [-0.2, 0) is 4.79 Å². The van der Waals surface area contributed by atoms with Gasteiger partial charge >= 0.3 is 37.7 Å². The van der Waals surface area contributed by atoms with E-state index in [1.165, 1.54) is 19.1 Å². The first-order valence-electron chi connectivity index (χ1n) is 4.40. The van der Waals surface area contributed by atoms with Crippen LogP contribution in [0.25, 0.3) is 0 Å². The van der Waals surface area contributed by atoms with Crippen molar-refractivity contribution in [2.24, 2.45) is 0 Å². The molecule has 0 saturated carbocycles. The predicted molar refractivity (Wildman–Crippen MR) is 50.3 cm³/mol. The number of aromatic carboxylic acids is 1. The smallest absolute Gasteiger partial charge is 0.546 e. The zero-order valence-electron chi connectivity index (χ0n) is 10.4. The van der Waals surface area contributed by atoms with E-state index in [0.717, 1.165) is 6.07 Å². The van der Waals surface area contributed by atoms with Gasteiger partial charge in [0.1, 0.15) is 11.9 Å². The van der Waals surface area contributed by atoms with E-state index < -0.39 is 18.0 Å². The summed E-state index contributed by atoms with van der Waals surface area (Å²) in [7, 11) is 0. The Kier molecular flexibility index (Phi) is 8.71. The fourth-order valence-corrected chi connectivity index (χ4v) is 1.00. The number of rotatable bonds is 4. The number of aliphatic carboxylic acids is 1. The van der Waals surface area contributed by atoms with Gasteiger partial charge in [0.25, 0.3) is 0 Å². The summed E-state index contributed by atoms with van der Waals surface area (Å²) in [6, 6.07) is 3.63. The second-order valence-electron chi connectivity index (χ2n) is 3.12. The van der Waals surface area contributed by atoms with Crippen molar-refractivity contribution in [3.63, 3.8) is 0 Å². The maximum atomic E-state index is 10.5. The molecule has 8 heteroatoms. The van der Waals surface area contributed by atoms with Crippen LogP contribution in [0.3, 0.4) is 0 Å². The maximum absolute atomic E-state index is 10.5. The minimum atomic E-state index is -1.42. The van der Waals surface area contributed by atoms with Crippen molar-refractivity contribution in [1.29, 1.82) is 0 Å². The Bertz CT molecular complexity index is 438. The largest absolute Gasteiger partial charge is 1.00 e. The van der Waals surface area contributed by atoms with Gasteiger partial charge in [-0.15, -0.1) is 0 Å². The van der Waals surface area contributed by atoms with Crippen LogP contribution in [0.2, 0.25) is 0 Å². The van der Waals surface area contributed by atoms with Crippen molar-refractivity contribution < 1.29 is 62.3 Å². The standard InChI is InChI=1S/C10H11NO5.2Li/c1-5(9(12)13)16-8-4-6(10(14)15)2-3-7(8)11;;/h2-5H,11H2,1H3,(H,12,13)(H,14,15);;/q;2*+1/p-2. The van der Waals surface area contributed by atoms with Crippen molar-refractivity contribution in [1.82, 2.24) is 0 Å². The minimum absolute atomic E-state index is 0. The third kappa shape index (κ3) is 5.08. The molecule has 1 rings (SSSR count). The Morgan fingerprint density at radius 1 is 1.28 bits per heavy atom. The number of benzene rings is 1. The van der Waals surface area contributed by atoms with E-state index in [0.29, 0.717) is 0 Å². The number of carboxylic acid groups (broad SMARTS) is 2. The molecular weight excluding hydrogens is 228 g/mol. The SMILES string of the molecule is CC(Oc1cc(C(=O)[O-])ccc1N)C(=O)[O-].[Li+].[Li+]. The molecule has 1 atom stereocenters. The van der Waals surface area contributed by atoms with Crippen LogP contribution in [0, 0.1) is 0 Å². The number of anilines is 1. The number of ether oxygens (including phenoxy) is 1. The van der Waals surface area contributed by atoms with Gasteiger partial charge in [-0.2, -0.15) is 0 Å². The molecule has 1 aromatic rings. The number of carboxylic acids is 2. The van der Waals surface area contributed by atoms with Gasteiger partial charge in [-0.3, -0.25) is 0 Å². The second-order valence-corrected chi connectivity index (χ2v) is 3.12. The third-order valence-corrected chi connectivity index (χ3v) is 1.88. The molecule has 0 heterocycles. The number of nitrogen functional groups attached to an aromatic ring is 1. The van der Waals surface area contributed by atoms with Crippen molar-refractivity contribution in [2.45, 2.75) is 13.0 Å². The van der Waals surface area contributed by atoms with Crippen molar-refractivity contribution in [3.05, 3.63) is 23.8 Å². The molecule has 18 heavy (non-hydrogen) atoms. The molecule has 0 aliphatic rings. The predicted octanol–water partition coefficient (Wildman–Crippen LogP) is -7.84. The zero-order chi connectivity index (χ0) is 12.3. The number of hydrogen-bond acceptors (Lipinski definition) is 6. The molecule has 0 aliphatic carbocycles. The fourth-order valence-electron chi connectivity index (χ4n) is 1.00. The minimum Gasteiger partial charge on any atom is -0.546 e. The normalized spacial score (nSPS) is 10.5. The summed E-state index contributed by atoms with van der Waals surface area (Å²) in [5, 5.41) is 21.0. The van der Waals surface area contributed by atoms with Gasteiger partial charge in [0, 0.05) is 5.56 Å². The second kappa shape index (κ2) is 8.13. The van der Waals surface area contributed by atoms with Crippen LogP contribution in [0.4, 0.5) is 5.69 Å². The molecule has 0 bridgehead atoms. The molecular formula is C10H9Li2NO5. The van der Waals surface area contributed by atoms with E-state index in [1.54, 1.807) is 0 Å². The Morgan fingerprint density at radius 2 is 1.83 bits per heavy atom. The Labute approximate surface area is 128 Å². The van der Waals surface area contributed by atoms with Gasteiger partial charge in [0.2, 0.25) is 0 Å². The molecule has 6 nitrogen and oxygen atoms in total. The quantitative estimate of drug-likeness (QED) is 0.410. The average molecular weight is 237 g/mol. The third-order valence-electron chi connectivity index (χ3n) is 1.88. The first kappa shape index (κ1) is 19.3. The number of hydrogen-bond donors (Lipinski definition) is 1. The van der Waals surface area contributed by atoms with Crippen LogP contribution in [0.1, 0.15) is 17.3 Å². The van der Waals surface area contributed by atoms with E-state index in [2.05, 4.69) is 0 Å². The van der Waals surface area contributed by atoms with Crippen LogP contribution >= 0.6 is 0 Å². The maximum Gasteiger partial charge on any atom is 1.00 e. The van der Waals surface area contributed by atoms with Crippen molar-refractivity contribution in [2.75, 3.05) is 5.73 Å². The number of nitrogens with two attached hydrogens (primary N) is 1. The van der Waals surface area contributed by atoms with Gasteiger partial charge < -0.3 is 30.3 Å². The van der Waals surface area contributed by atoms with Gasteiger partial charge in [0.15, 0.2) is 0 Å². The molecule has 0 radical (unpaired) electrons. The molecule has 1 aromatic carbocycles. The van der Waals surface area contributed by atoms with Gasteiger partial charge in [0.05, 0.1) is 17.6 Å². The van der Waals surface area contributed by atoms with E-state index in [4.69, 9.17) is 10.5 Å². The van der Waals surface area contributed by atoms with Crippen molar-refractivity contribution in [3.8, 4) is 5.75 Å². The monoisotopic (exact) mass is 237 g/mol. The molecule has 2 N–H and O–H groups in total. The number of carbonyl (C=O) groups excluding carboxylic acids is 2. The zero-order valence-corrected chi connectivity index (χ0v) is 10.4. The molecule has 0 amide bonds. The summed E-state index contributed by atoms with van der Waals surface area (Å²) in [6.07, 6.45) is -1.22. The summed E-state index contributed by atoms with van der Waals surface area (Å²) >= 11 is 0. The molecule has 0 fully saturated rings. The van der Waals surface area contributed by atoms with Gasteiger partial charge in [-0.25, -0.2) is 0 Å². The van der Waals surface area contributed by atoms with Gasteiger partial charge in [-0.05, 0) is 19.1 Å². The summed E-state index contributed by atoms with van der Waals surface area (Å²) in [5.41, 5.74) is 5.48. The Hall–Kier alpha value is -1.05. The molecule has 0 saturated heterocycles. The van der Waals surface area contributed by atoms with E-state index in [9.17, 15) is 19.8 Å². The van der Waals surface area contributed by atoms with E-state index in [1.807, 2.05) is 0 Å². The number of carbonyl (C=O) groups is 2. The first-order valence-corrected chi connectivity index (χ1v) is 4.40. The summed E-state index contributed by atoms with van der Waals surface area (Å²) < 4.78 is 4.92. The Morgan fingerprint density at radius 3 is 2.28 bits per heavy atom.